The van der Waals surface area contributed by atoms with Gasteiger partial charge in [-0.2, -0.15) is 5.10 Å². The summed E-state index contributed by atoms with van der Waals surface area (Å²) >= 11 is 5.78. The smallest absolute Gasteiger partial charge is 0.157 e. The quantitative estimate of drug-likeness (QED) is 0.786. The summed E-state index contributed by atoms with van der Waals surface area (Å²) in [5, 5.41) is 4.39. The standard InChI is InChI=1S/C12H13ClFN3/c1-8(2)11-3-4-17(16-11)12-9(6-13)5-10(14)7-15-12/h3-5,7-8H,6H2,1-2H3. The molecule has 0 saturated heterocycles. The first-order chi connectivity index (χ1) is 8.11. The molecule has 2 rings (SSSR count). The molecule has 5 heteroatoms. The SMILES string of the molecule is CC(C)c1ccn(-c2ncc(F)cc2CCl)n1. The molecule has 0 amide bonds. The monoisotopic (exact) mass is 253 g/mol. The van der Waals surface area contributed by atoms with Gasteiger partial charge in [-0.25, -0.2) is 14.1 Å². The van der Waals surface area contributed by atoms with Crippen LogP contribution in [0.25, 0.3) is 5.82 Å². The molecule has 0 saturated carbocycles. The van der Waals surface area contributed by atoms with Crippen LogP contribution in [0.4, 0.5) is 4.39 Å². The maximum absolute atomic E-state index is 13.0. The predicted molar refractivity (Wildman–Crippen MR) is 65.0 cm³/mol. The highest BCUT2D eigenvalue weighted by Crippen LogP contribution is 2.17. The van der Waals surface area contributed by atoms with Crippen molar-refractivity contribution in [2.45, 2.75) is 25.6 Å². The van der Waals surface area contributed by atoms with Crippen LogP contribution in [0.1, 0.15) is 31.0 Å². The fraction of sp³-hybridized carbons (Fsp3) is 0.333. The van der Waals surface area contributed by atoms with Crippen LogP contribution < -0.4 is 0 Å². The van der Waals surface area contributed by atoms with Crippen molar-refractivity contribution >= 4 is 11.6 Å². The van der Waals surface area contributed by atoms with Gasteiger partial charge in [0.15, 0.2) is 5.82 Å². The van der Waals surface area contributed by atoms with Crippen LogP contribution in [0.5, 0.6) is 0 Å². The second-order valence-corrected chi connectivity index (χ2v) is 4.38. The lowest BCUT2D eigenvalue weighted by atomic mass is 10.1. The van der Waals surface area contributed by atoms with Crippen LogP contribution in [0, 0.1) is 5.82 Å². The molecule has 2 aromatic heterocycles. The summed E-state index contributed by atoms with van der Waals surface area (Å²) < 4.78 is 14.7. The van der Waals surface area contributed by atoms with E-state index in [9.17, 15) is 4.39 Å². The Hall–Kier alpha value is -1.42. The first kappa shape index (κ1) is 12.0. The zero-order valence-electron chi connectivity index (χ0n) is 9.69. The van der Waals surface area contributed by atoms with Crippen LogP contribution in [0.15, 0.2) is 24.5 Å². The number of halogens is 2. The van der Waals surface area contributed by atoms with E-state index in [4.69, 9.17) is 11.6 Å². The topological polar surface area (TPSA) is 30.7 Å². The van der Waals surface area contributed by atoms with Gasteiger partial charge in [-0.05, 0) is 18.1 Å². The molecule has 0 spiro atoms. The first-order valence-corrected chi connectivity index (χ1v) is 5.91. The molecule has 2 heterocycles. The summed E-state index contributed by atoms with van der Waals surface area (Å²) in [4.78, 5) is 4.03. The predicted octanol–water partition coefficient (Wildman–Crippen LogP) is 3.27. The van der Waals surface area contributed by atoms with Gasteiger partial charge in [0, 0.05) is 11.8 Å². The zero-order chi connectivity index (χ0) is 12.4. The molecule has 0 aliphatic rings. The molecule has 0 aliphatic heterocycles. The van der Waals surface area contributed by atoms with Gasteiger partial charge in [0.1, 0.15) is 5.82 Å². The average Bonchev–Trinajstić information content (AvgIpc) is 2.78. The molecule has 17 heavy (non-hydrogen) atoms. The summed E-state index contributed by atoms with van der Waals surface area (Å²) in [6, 6.07) is 3.31. The van der Waals surface area contributed by atoms with Crippen LogP contribution in [0.3, 0.4) is 0 Å². The number of hydrogen-bond donors (Lipinski definition) is 0. The normalized spacial score (nSPS) is 11.1. The molecule has 0 N–H and O–H groups in total. The molecule has 90 valence electrons. The highest BCUT2D eigenvalue weighted by molar-refractivity contribution is 6.17. The summed E-state index contributed by atoms with van der Waals surface area (Å²) in [7, 11) is 0. The van der Waals surface area contributed by atoms with Gasteiger partial charge in [-0.15, -0.1) is 11.6 Å². The van der Waals surface area contributed by atoms with E-state index in [2.05, 4.69) is 23.9 Å². The van der Waals surface area contributed by atoms with Crippen LogP contribution in [0.2, 0.25) is 0 Å². The Morgan fingerprint density at radius 1 is 1.47 bits per heavy atom. The van der Waals surface area contributed by atoms with Gasteiger partial charge < -0.3 is 0 Å². The maximum atomic E-state index is 13.0. The Bertz CT molecular complexity index is 522. The van der Waals surface area contributed by atoms with E-state index < -0.39 is 0 Å². The minimum Gasteiger partial charge on any atom is -0.234 e. The van der Waals surface area contributed by atoms with Crippen molar-refractivity contribution in [2.24, 2.45) is 0 Å². The third kappa shape index (κ3) is 2.47. The van der Waals surface area contributed by atoms with Crippen LogP contribution in [-0.2, 0) is 5.88 Å². The number of nitrogens with zero attached hydrogens (tertiary/aromatic N) is 3. The second-order valence-electron chi connectivity index (χ2n) is 4.11. The molecular weight excluding hydrogens is 241 g/mol. The first-order valence-electron chi connectivity index (χ1n) is 5.38. The van der Waals surface area contributed by atoms with E-state index in [0.29, 0.717) is 17.3 Å². The maximum Gasteiger partial charge on any atom is 0.157 e. The molecule has 0 radical (unpaired) electrons. The zero-order valence-corrected chi connectivity index (χ0v) is 10.4. The molecule has 0 bridgehead atoms. The molecule has 0 fully saturated rings. The lowest BCUT2D eigenvalue weighted by Gasteiger charge is -2.06. The van der Waals surface area contributed by atoms with Crippen molar-refractivity contribution in [3.05, 3.63) is 41.6 Å². The Morgan fingerprint density at radius 3 is 2.82 bits per heavy atom. The summed E-state index contributed by atoms with van der Waals surface area (Å²) in [5.41, 5.74) is 1.60. The van der Waals surface area contributed by atoms with Crippen molar-refractivity contribution in [1.82, 2.24) is 14.8 Å². The van der Waals surface area contributed by atoms with Gasteiger partial charge >= 0.3 is 0 Å². The fourth-order valence-corrected chi connectivity index (χ4v) is 1.74. The Kier molecular flexibility index (Phi) is 3.43. The summed E-state index contributed by atoms with van der Waals surface area (Å²) in [6.45, 7) is 4.13. The molecule has 0 aromatic carbocycles. The number of aromatic nitrogens is 3. The Labute approximate surface area is 104 Å². The van der Waals surface area contributed by atoms with Gasteiger partial charge in [-0.1, -0.05) is 13.8 Å². The number of pyridine rings is 1. The Balaban J connectivity index is 2.44. The fourth-order valence-electron chi connectivity index (χ4n) is 1.54. The number of hydrogen-bond acceptors (Lipinski definition) is 2. The van der Waals surface area contributed by atoms with E-state index in [1.165, 1.54) is 12.3 Å². The second kappa shape index (κ2) is 4.84. The molecule has 0 unspecified atom stereocenters. The lowest BCUT2D eigenvalue weighted by molar-refractivity contribution is 0.616. The van der Waals surface area contributed by atoms with E-state index >= 15 is 0 Å². The third-order valence-corrected chi connectivity index (χ3v) is 2.76. The molecule has 3 nitrogen and oxygen atoms in total. The van der Waals surface area contributed by atoms with E-state index in [1.54, 1.807) is 4.68 Å². The van der Waals surface area contributed by atoms with Crippen molar-refractivity contribution in [2.75, 3.05) is 0 Å². The van der Waals surface area contributed by atoms with Gasteiger partial charge in [0.05, 0.1) is 17.8 Å². The number of rotatable bonds is 3. The van der Waals surface area contributed by atoms with Crippen LogP contribution in [-0.4, -0.2) is 14.8 Å². The molecule has 2 aromatic rings. The highest BCUT2D eigenvalue weighted by Gasteiger charge is 2.10. The minimum atomic E-state index is -0.388. The lowest BCUT2D eigenvalue weighted by Crippen LogP contribution is -2.04. The van der Waals surface area contributed by atoms with E-state index in [1.807, 2.05) is 12.3 Å². The van der Waals surface area contributed by atoms with Gasteiger partial charge in [0.25, 0.3) is 0 Å². The molecular formula is C12H13ClFN3. The molecule has 0 aliphatic carbocycles. The largest absolute Gasteiger partial charge is 0.234 e. The van der Waals surface area contributed by atoms with E-state index in [-0.39, 0.29) is 11.7 Å². The van der Waals surface area contributed by atoms with Crippen molar-refractivity contribution in [3.63, 3.8) is 0 Å². The van der Waals surface area contributed by atoms with Crippen molar-refractivity contribution < 1.29 is 4.39 Å². The van der Waals surface area contributed by atoms with E-state index in [0.717, 1.165) is 5.69 Å². The van der Waals surface area contributed by atoms with Gasteiger partial charge in [-0.3, -0.25) is 0 Å². The average molecular weight is 254 g/mol. The minimum absolute atomic E-state index is 0.205. The molecule has 0 atom stereocenters. The van der Waals surface area contributed by atoms with Crippen molar-refractivity contribution in [3.8, 4) is 5.82 Å². The summed E-state index contributed by atoms with van der Waals surface area (Å²) in [6.07, 6.45) is 2.98. The third-order valence-electron chi connectivity index (χ3n) is 2.47. The summed E-state index contributed by atoms with van der Waals surface area (Å²) in [5.74, 6) is 0.738. The Morgan fingerprint density at radius 2 is 2.24 bits per heavy atom. The van der Waals surface area contributed by atoms with Crippen LogP contribution >= 0.6 is 11.6 Å². The van der Waals surface area contributed by atoms with Crippen molar-refractivity contribution in [1.29, 1.82) is 0 Å². The van der Waals surface area contributed by atoms with Gasteiger partial charge in [0.2, 0.25) is 0 Å². The highest BCUT2D eigenvalue weighted by atomic mass is 35.5. The number of alkyl halides is 1.